The zero-order chi connectivity index (χ0) is 25.0. The zero-order valence-corrected chi connectivity index (χ0v) is 18.8. The molecule has 0 saturated carbocycles. The summed E-state index contributed by atoms with van der Waals surface area (Å²) in [7, 11) is 0. The standard InChI is InChI=1S/C24H19ClF3N5O2/c25-19-7-1-14(11-18(19)24(26,27)28)23(34)32-15-2-4-16(5-3-15)35-17-6-8-20-21(12-17)33-22(13-31-20)30-10-9-29/h1-8,11-13H,9-10,29H2,(H,30,33)(H,32,34). The monoisotopic (exact) mass is 501 g/mol. The second-order valence-corrected chi connectivity index (χ2v) is 7.80. The summed E-state index contributed by atoms with van der Waals surface area (Å²) in [6.07, 6.45) is -3.04. The molecule has 0 bridgehead atoms. The zero-order valence-electron chi connectivity index (χ0n) is 18.1. The van der Waals surface area contributed by atoms with Crippen molar-refractivity contribution in [2.75, 3.05) is 23.7 Å². The van der Waals surface area contributed by atoms with Gasteiger partial charge in [-0.05, 0) is 54.6 Å². The highest BCUT2D eigenvalue weighted by molar-refractivity contribution is 6.31. The van der Waals surface area contributed by atoms with Crippen LogP contribution in [0.2, 0.25) is 5.02 Å². The number of carbonyl (C=O) groups is 1. The maximum atomic E-state index is 13.1. The number of halogens is 4. The lowest BCUT2D eigenvalue weighted by Gasteiger charge is -2.12. The molecule has 0 aliphatic rings. The molecule has 0 unspecified atom stereocenters. The number of nitrogens with zero attached hydrogens (tertiary/aromatic N) is 2. The first-order valence-corrected chi connectivity index (χ1v) is 10.8. The van der Waals surface area contributed by atoms with Gasteiger partial charge < -0.3 is 21.1 Å². The summed E-state index contributed by atoms with van der Waals surface area (Å²) in [6, 6.07) is 14.6. The van der Waals surface area contributed by atoms with Crippen LogP contribution in [0.5, 0.6) is 11.5 Å². The third-order valence-electron chi connectivity index (χ3n) is 4.85. The van der Waals surface area contributed by atoms with Crippen LogP contribution < -0.4 is 21.1 Å². The van der Waals surface area contributed by atoms with Crippen LogP contribution in [0.25, 0.3) is 11.0 Å². The highest BCUT2D eigenvalue weighted by Crippen LogP contribution is 2.35. The average molecular weight is 502 g/mol. The summed E-state index contributed by atoms with van der Waals surface area (Å²) in [6.45, 7) is 1.04. The molecule has 0 spiro atoms. The third-order valence-corrected chi connectivity index (χ3v) is 5.18. The number of amides is 1. The summed E-state index contributed by atoms with van der Waals surface area (Å²) in [5, 5.41) is 5.15. The molecular weight excluding hydrogens is 483 g/mol. The molecule has 4 rings (SSSR count). The van der Waals surface area contributed by atoms with Crippen LogP contribution in [0.1, 0.15) is 15.9 Å². The Balaban J connectivity index is 1.44. The normalized spacial score (nSPS) is 11.3. The second-order valence-electron chi connectivity index (χ2n) is 7.39. The fourth-order valence-corrected chi connectivity index (χ4v) is 3.39. The van der Waals surface area contributed by atoms with E-state index in [4.69, 9.17) is 22.1 Å². The molecule has 35 heavy (non-hydrogen) atoms. The van der Waals surface area contributed by atoms with Crippen molar-refractivity contribution >= 4 is 40.0 Å². The van der Waals surface area contributed by atoms with Crippen LogP contribution in [-0.4, -0.2) is 29.0 Å². The van der Waals surface area contributed by atoms with Gasteiger partial charge in [0.25, 0.3) is 5.91 Å². The number of benzene rings is 3. The molecule has 11 heteroatoms. The van der Waals surface area contributed by atoms with Gasteiger partial charge in [0.15, 0.2) is 0 Å². The molecule has 1 aromatic heterocycles. The van der Waals surface area contributed by atoms with Crippen molar-refractivity contribution in [2.24, 2.45) is 5.73 Å². The van der Waals surface area contributed by atoms with Crippen LogP contribution >= 0.6 is 11.6 Å². The molecule has 7 nitrogen and oxygen atoms in total. The van der Waals surface area contributed by atoms with Gasteiger partial charge in [-0.25, -0.2) is 4.98 Å². The van der Waals surface area contributed by atoms with E-state index in [1.807, 2.05) is 0 Å². The minimum Gasteiger partial charge on any atom is -0.457 e. The Labute approximate surface area is 203 Å². The van der Waals surface area contributed by atoms with E-state index in [-0.39, 0.29) is 5.56 Å². The highest BCUT2D eigenvalue weighted by atomic mass is 35.5. The fraction of sp³-hybridized carbons (Fsp3) is 0.125. The summed E-state index contributed by atoms with van der Waals surface area (Å²) in [5.41, 5.74) is 5.97. The molecule has 4 N–H and O–H groups in total. The van der Waals surface area contributed by atoms with Crippen molar-refractivity contribution in [3.8, 4) is 11.5 Å². The maximum Gasteiger partial charge on any atom is 0.417 e. The quantitative estimate of drug-likeness (QED) is 0.299. The summed E-state index contributed by atoms with van der Waals surface area (Å²) in [5.74, 6) is 0.912. The van der Waals surface area contributed by atoms with Gasteiger partial charge in [-0.15, -0.1) is 0 Å². The van der Waals surface area contributed by atoms with Crippen molar-refractivity contribution in [1.29, 1.82) is 0 Å². The average Bonchev–Trinajstić information content (AvgIpc) is 2.83. The second kappa shape index (κ2) is 10.2. The first-order valence-electron chi connectivity index (χ1n) is 10.4. The van der Waals surface area contributed by atoms with E-state index in [9.17, 15) is 18.0 Å². The Hall–Kier alpha value is -3.89. The van der Waals surface area contributed by atoms with E-state index in [0.29, 0.717) is 53.2 Å². The molecule has 180 valence electrons. The van der Waals surface area contributed by atoms with Crippen molar-refractivity contribution < 1.29 is 22.7 Å². The Morgan fingerprint density at radius 3 is 2.46 bits per heavy atom. The Bertz CT molecular complexity index is 1360. The van der Waals surface area contributed by atoms with Gasteiger partial charge in [0.05, 0.1) is 27.8 Å². The maximum absolute atomic E-state index is 13.1. The molecule has 3 aromatic carbocycles. The number of nitrogens with two attached hydrogens (primary N) is 1. The molecular formula is C24H19ClF3N5O2. The lowest BCUT2D eigenvalue weighted by molar-refractivity contribution is -0.137. The predicted octanol–water partition coefficient (Wildman–Crippen LogP) is 5.72. The van der Waals surface area contributed by atoms with Crippen LogP contribution in [0, 0.1) is 0 Å². The summed E-state index contributed by atoms with van der Waals surface area (Å²) >= 11 is 5.61. The summed E-state index contributed by atoms with van der Waals surface area (Å²) in [4.78, 5) is 21.2. The molecule has 0 atom stereocenters. The van der Waals surface area contributed by atoms with E-state index in [2.05, 4.69) is 20.6 Å². The smallest absolute Gasteiger partial charge is 0.417 e. The summed E-state index contributed by atoms with van der Waals surface area (Å²) < 4.78 is 45.0. The molecule has 0 saturated heterocycles. The number of hydrogen-bond donors (Lipinski definition) is 3. The SMILES string of the molecule is NCCNc1cnc2ccc(Oc3ccc(NC(=O)c4ccc(Cl)c(C(F)(F)F)c4)cc3)cc2n1. The van der Waals surface area contributed by atoms with Crippen LogP contribution in [0.4, 0.5) is 24.7 Å². The fourth-order valence-electron chi connectivity index (χ4n) is 3.17. The number of ether oxygens (including phenoxy) is 1. The number of hydrogen-bond acceptors (Lipinski definition) is 6. The number of alkyl halides is 3. The Kier molecular flexibility index (Phi) is 7.04. The van der Waals surface area contributed by atoms with E-state index < -0.39 is 22.7 Å². The molecule has 1 amide bonds. The van der Waals surface area contributed by atoms with E-state index >= 15 is 0 Å². The largest absolute Gasteiger partial charge is 0.457 e. The van der Waals surface area contributed by atoms with Crippen LogP contribution in [0.15, 0.2) is 66.9 Å². The van der Waals surface area contributed by atoms with E-state index in [1.165, 1.54) is 6.07 Å². The van der Waals surface area contributed by atoms with Gasteiger partial charge in [-0.3, -0.25) is 9.78 Å². The van der Waals surface area contributed by atoms with Gasteiger partial charge in [-0.1, -0.05) is 11.6 Å². The van der Waals surface area contributed by atoms with Crippen LogP contribution in [-0.2, 0) is 6.18 Å². The van der Waals surface area contributed by atoms with Gasteiger partial charge in [0.1, 0.15) is 17.3 Å². The molecule has 0 aliphatic heterocycles. The number of fused-ring (bicyclic) bond motifs is 1. The first kappa shape index (κ1) is 24.2. The minimum absolute atomic E-state index is 0.167. The number of nitrogens with one attached hydrogen (secondary N) is 2. The lowest BCUT2D eigenvalue weighted by Crippen LogP contribution is -2.14. The highest BCUT2D eigenvalue weighted by Gasteiger charge is 2.33. The van der Waals surface area contributed by atoms with Crippen molar-refractivity contribution in [3.05, 3.63) is 83.0 Å². The van der Waals surface area contributed by atoms with E-state index in [0.717, 1.165) is 6.07 Å². The molecule has 0 radical (unpaired) electrons. The van der Waals surface area contributed by atoms with E-state index in [1.54, 1.807) is 48.7 Å². The number of rotatable bonds is 7. The lowest BCUT2D eigenvalue weighted by atomic mass is 10.1. The molecule has 0 fully saturated rings. The predicted molar refractivity (Wildman–Crippen MR) is 128 cm³/mol. The molecule has 1 heterocycles. The van der Waals surface area contributed by atoms with Crippen molar-refractivity contribution in [2.45, 2.75) is 6.18 Å². The van der Waals surface area contributed by atoms with Crippen molar-refractivity contribution in [1.82, 2.24) is 9.97 Å². The third kappa shape index (κ3) is 5.97. The van der Waals surface area contributed by atoms with Gasteiger partial charge in [0.2, 0.25) is 0 Å². The van der Waals surface area contributed by atoms with Gasteiger partial charge in [-0.2, -0.15) is 13.2 Å². The van der Waals surface area contributed by atoms with Gasteiger partial charge in [0, 0.05) is 30.4 Å². The Morgan fingerprint density at radius 1 is 1.00 bits per heavy atom. The van der Waals surface area contributed by atoms with Crippen molar-refractivity contribution in [3.63, 3.8) is 0 Å². The topological polar surface area (TPSA) is 102 Å². The van der Waals surface area contributed by atoms with Gasteiger partial charge >= 0.3 is 6.18 Å². The number of carbonyl (C=O) groups excluding carboxylic acids is 1. The number of aromatic nitrogens is 2. The Morgan fingerprint density at radius 2 is 1.74 bits per heavy atom. The molecule has 0 aliphatic carbocycles. The van der Waals surface area contributed by atoms with Crippen LogP contribution in [0.3, 0.4) is 0 Å². The number of anilines is 2. The first-order chi connectivity index (χ1) is 16.7. The molecule has 4 aromatic rings. The minimum atomic E-state index is -4.66.